The third kappa shape index (κ3) is 4.14. The fourth-order valence-corrected chi connectivity index (χ4v) is 3.04. The van der Waals surface area contributed by atoms with Crippen LogP contribution in [0.25, 0.3) is 11.9 Å². The number of rotatable bonds is 7. The van der Waals surface area contributed by atoms with Gasteiger partial charge in [-0.1, -0.05) is 17.7 Å². The average Bonchev–Trinajstić information content (AvgIpc) is 3.19. The first kappa shape index (κ1) is 20.2. The van der Waals surface area contributed by atoms with Crippen molar-refractivity contribution in [1.82, 2.24) is 9.55 Å². The molecule has 0 fully saturated rings. The van der Waals surface area contributed by atoms with Gasteiger partial charge in [0.25, 0.3) is 0 Å². The van der Waals surface area contributed by atoms with Gasteiger partial charge in [-0.05, 0) is 36.4 Å². The van der Waals surface area contributed by atoms with Gasteiger partial charge in [0.2, 0.25) is 5.78 Å². The van der Waals surface area contributed by atoms with Crippen molar-refractivity contribution in [2.45, 2.75) is 0 Å². The van der Waals surface area contributed by atoms with Crippen LogP contribution in [0.5, 0.6) is 11.5 Å². The lowest BCUT2D eigenvalue weighted by Crippen LogP contribution is -2.11. The molecule has 1 aromatic carbocycles. The molecule has 0 unspecified atom stereocenters. The van der Waals surface area contributed by atoms with E-state index in [0.29, 0.717) is 23.0 Å². The molecule has 0 saturated heterocycles. The Labute approximate surface area is 171 Å². The zero-order chi connectivity index (χ0) is 21.0. The number of nitrogens with zero attached hydrogens (tertiary/aromatic N) is 2. The first-order valence-electron chi connectivity index (χ1n) is 8.46. The van der Waals surface area contributed by atoms with Crippen molar-refractivity contribution in [2.75, 3.05) is 14.2 Å². The number of pyridine rings is 1. The Kier molecular flexibility index (Phi) is 5.99. The van der Waals surface area contributed by atoms with E-state index in [1.807, 2.05) is 0 Å². The summed E-state index contributed by atoms with van der Waals surface area (Å²) in [6.45, 7) is 0. The Bertz CT molecular complexity index is 1100. The van der Waals surface area contributed by atoms with E-state index in [1.54, 1.807) is 41.1 Å². The molecular formula is C21H17ClN2O5. The second-order valence-corrected chi connectivity index (χ2v) is 6.31. The summed E-state index contributed by atoms with van der Waals surface area (Å²) < 4.78 is 12.3. The Morgan fingerprint density at radius 2 is 1.93 bits per heavy atom. The fourth-order valence-electron chi connectivity index (χ4n) is 2.88. The molecule has 0 atom stereocenters. The molecule has 148 valence electrons. The molecule has 2 heterocycles. The molecule has 2 aromatic heterocycles. The number of hydrogen-bond donors (Lipinski definition) is 1. The maximum absolute atomic E-state index is 13.4. The lowest BCUT2D eigenvalue weighted by molar-refractivity contribution is -0.131. The normalized spacial score (nSPS) is 10.9. The van der Waals surface area contributed by atoms with Crippen LogP contribution in [0.2, 0.25) is 5.02 Å². The highest BCUT2D eigenvalue weighted by atomic mass is 35.5. The lowest BCUT2D eigenvalue weighted by Gasteiger charge is -2.14. The first-order chi connectivity index (χ1) is 14.0. The molecule has 0 saturated carbocycles. The van der Waals surface area contributed by atoms with Crippen molar-refractivity contribution >= 4 is 29.4 Å². The summed E-state index contributed by atoms with van der Waals surface area (Å²) in [5.74, 6) is -0.434. The number of ketones is 1. The second-order valence-electron chi connectivity index (χ2n) is 5.87. The Morgan fingerprint density at radius 1 is 1.14 bits per heavy atom. The third-order valence-electron chi connectivity index (χ3n) is 4.13. The highest BCUT2D eigenvalue weighted by Gasteiger charge is 2.23. The zero-order valence-corrected chi connectivity index (χ0v) is 16.4. The quantitative estimate of drug-likeness (QED) is 0.468. The number of carbonyl (C=O) groups excluding carboxylic acids is 1. The minimum absolute atomic E-state index is 0.227. The van der Waals surface area contributed by atoms with Crippen LogP contribution in [0.3, 0.4) is 0 Å². The standard InChI is InChI=1S/C21H17ClN2O5/c1-28-17-7-3-6-15(20(17)29-2)19(27)16-11-13(22)12-23-21(16)24-10-4-5-14(24)8-9-18(25)26/h3-12H,1-2H3,(H,25,26)/b9-8+. The van der Waals surface area contributed by atoms with Crippen LogP contribution in [0, 0.1) is 0 Å². The van der Waals surface area contributed by atoms with Gasteiger partial charge in [-0.2, -0.15) is 0 Å². The zero-order valence-electron chi connectivity index (χ0n) is 15.6. The number of hydrogen-bond acceptors (Lipinski definition) is 5. The van der Waals surface area contributed by atoms with Crippen LogP contribution >= 0.6 is 11.6 Å². The van der Waals surface area contributed by atoms with E-state index in [-0.39, 0.29) is 21.9 Å². The van der Waals surface area contributed by atoms with E-state index >= 15 is 0 Å². The Morgan fingerprint density at radius 3 is 2.62 bits per heavy atom. The lowest BCUT2D eigenvalue weighted by atomic mass is 10.0. The third-order valence-corrected chi connectivity index (χ3v) is 4.34. The Hall–Kier alpha value is -3.58. The predicted molar refractivity (Wildman–Crippen MR) is 108 cm³/mol. The molecule has 0 aliphatic heterocycles. The second kappa shape index (κ2) is 8.62. The Balaban J connectivity index is 2.16. The van der Waals surface area contributed by atoms with E-state index in [1.165, 1.54) is 32.6 Å². The molecule has 3 rings (SSSR count). The monoisotopic (exact) mass is 412 g/mol. The summed E-state index contributed by atoms with van der Waals surface area (Å²) >= 11 is 6.11. The first-order valence-corrected chi connectivity index (χ1v) is 8.84. The SMILES string of the molecule is COc1cccc(C(=O)c2cc(Cl)cnc2-n2cccc2/C=C/C(=O)O)c1OC. The fraction of sp³-hybridized carbons (Fsp3) is 0.0952. The van der Waals surface area contributed by atoms with Gasteiger partial charge < -0.3 is 19.1 Å². The van der Waals surface area contributed by atoms with Crippen LogP contribution in [0.1, 0.15) is 21.6 Å². The average molecular weight is 413 g/mol. The molecule has 1 N–H and O–H groups in total. The molecule has 0 spiro atoms. The van der Waals surface area contributed by atoms with Crippen LogP contribution in [0.15, 0.2) is 54.9 Å². The molecule has 7 nitrogen and oxygen atoms in total. The van der Waals surface area contributed by atoms with Crippen molar-refractivity contribution in [2.24, 2.45) is 0 Å². The summed E-state index contributed by atoms with van der Waals surface area (Å²) in [5.41, 5.74) is 1.05. The number of aliphatic carboxylic acids is 1. The van der Waals surface area contributed by atoms with Crippen molar-refractivity contribution < 1.29 is 24.2 Å². The molecule has 0 amide bonds. The van der Waals surface area contributed by atoms with Gasteiger partial charge in [0, 0.05) is 24.2 Å². The molecule has 0 aliphatic carbocycles. The van der Waals surface area contributed by atoms with Crippen LogP contribution < -0.4 is 9.47 Å². The minimum atomic E-state index is -1.08. The van der Waals surface area contributed by atoms with E-state index in [2.05, 4.69) is 4.98 Å². The van der Waals surface area contributed by atoms with Gasteiger partial charge in [-0.25, -0.2) is 9.78 Å². The summed E-state index contributed by atoms with van der Waals surface area (Å²) in [4.78, 5) is 28.6. The van der Waals surface area contributed by atoms with E-state index < -0.39 is 5.97 Å². The van der Waals surface area contributed by atoms with Gasteiger partial charge in [0.15, 0.2) is 11.5 Å². The van der Waals surface area contributed by atoms with Crippen LogP contribution in [0.4, 0.5) is 0 Å². The summed E-state index contributed by atoms with van der Waals surface area (Å²) in [6, 6.07) is 9.93. The molecule has 0 aliphatic rings. The van der Waals surface area contributed by atoms with Gasteiger partial charge in [-0.3, -0.25) is 4.79 Å². The minimum Gasteiger partial charge on any atom is -0.493 e. The highest BCUT2D eigenvalue weighted by Crippen LogP contribution is 2.33. The van der Waals surface area contributed by atoms with E-state index in [4.69, 9.17) is 26.2 Å². The summed E-state index contributed by atoms with van der Waals surface area (Å²) in [7, 11) is 2.94. The number of benzene rings is 1. The van der Waals surface area contributed by atoms with Crippen molar-refractivity contribution in [3.05, 3.63) is 76.7 Å². The molecule has 29 heavy (non-hydrogen) atoms. The summed E-state index contributed by atoms with van der Waals surface area (Å²) in [6.07, 6.45) is 5.52. The predicted octanol–water partition coefficient (Wildman–Crippen LogP) is 3.87. The number of carboxylic acid groups (broad SMARTS) is 1. The maximum Gasteiger partial charge on any atom is 0.328 e. The van der Waals surface area contributed by atoms with Crippen molar-refractivity contribution in [3.63, 3.8) is 0 Å². The van der Waals surface area contributed by atoms with Crippen molar-refractivity contribution in [3.8, 4) is 17.3 Å². The van der Waals surface area contributed by atoms with Gasteiger partial charge in [-0.15, -0.1) is 0 Å². The number of para-hydroxylation sites is 1. The van der Waals surface area contributed by atoms with Gasteiger partial charge in [0.1, 0.15) is 5.82 Å². The van der Waals surface area contributed by atoms with Gasteiger partial charge >= 0.3 is 5.97 Å². The largest absolute Gasteiger partial charge is 0.493 e. The molecular weight excluding hydrogens is 396 g/mol. The molecule has 0 radical (unpaired) electrons. The number of carbonyl (C=O) groups is 2. The maximum atomic E-state index is 13.4. The van der Waals surface area contributed by atoms with Crippen LogP contribution in [-0.4, -0.2) is 40.6 Å². The summed E-state index contributed by atoms with van der Waals surface area (Å²) in [5, 5.41) is 9.19. The number of carboxylic acids is 1. The van der Waals surface area contributed by atoms with Gasteiger partial charge in [0.05, 0.1) is 30.4 Å². The van der Waals surface area contributed by atoms with E-state index in [9.17, 15) is 9.59 Å². The molecule has 8 heteroatoms. The smallest absolute Gasteiger partial charge is 0.328 e. The molecule has 3 aromatic rings. The highest BCUT2D eigenvalue weighted by molar-refractivity contribution is 6.31. The van der Waals surface area contributed by atoms with E-state index in [0.717, 1.165) is 6.08 Å². The number of aromatic nitrogens is 2. The van der Waals surface area contributed by atoms with Crippen LogP contribution in [-0.2, 0) is 4.79 Å². The number of halogens is 1. The number of ether oxygens (including phenoxy) is 2. The topological polar surface area (TPSA) is 90.7 Å². The van der Waals surface area contributed by atoms with Crippen molar-refractivity contribution in [1.29, 1.82) is 0 Å². The molecule has 0 bridgehead atoms. The number of methoxy groups -OCH3 is 2.